The van der Waals surface area contributed by atoms with Gasteiger partial charge >= 0.3 is 0 Å². The fraction of sp³-hybridized carbons (Fsp3) is 0.778. The van der Waals surface area contributed by atoms with Gasteiger partial charge in [0.25, 0.3) is 0 Å². The molecule has 0 heteroatoms. The van der Waals surface area contributed by atoms with E-state index in [1.54, 1.807) is 0 Å². The highest BCUT2D eigenvalue weighted by atomic mass is 14.5. The lowest BCUT2D eigenvalue weighted by atomic mass is 9.69. The van der Waals surface area contributed by atoms with Crippen LogP contribution in [0.3, 0.4) is 0 Å². The highest BCUT2D eigenvalue weighted by Crippen LogP contribution is 2.55. The van der Waals surface area contributed by atoms with Gasteiger partial charge in [0.05, 0.1) is 0 Å². The second kappa shape index (κ2) is 4.25. The maximum absolute atomic E-state index is 2.56. The molecule has 0 radical (unpaired) electrons. The van der Waals surface area contributed by atoms with Gasteiger partial charge in [-0.15, -0.1) is 0 Å². The second-order valence-electron chi connectivity index (χ2n) is 7.34. The Kier molecular flexibility index (Phi) is 2.67. The van der Waals surface area contributed by atoms with Crippen LogP contribution in [0.15, 0.2) is 24.3 Å². The first kappa shape index (κ1) is 11.3. The molecular formula is C18H26. The van der Waals surface area contributed by atoms with Crippen molar-refractivity contribution >= 4 is 0 Å². The average Bonchev–Trinajstić information content (AvgIpc) is 3.13. The van der Waals surface area contributed by atoms with Gasteiger partial charge in [-0.25, -0.2) is 0 Å². The van der Waals surface area contributed by atoms with Crippen molar-refractivity contribution in [3.8, 4) is 0 Å². The third kappa shape index (κ3) is 1.64. The van der Waals surface area contributed by atoms with Crippen LogP contribution in [0.2, 0.25) is 0 Å². The topological polar surface area (TPSA) is 0 Å². The summed E-state index contributed by atoms with van der Waals surface area (Å²) >= 11 is 0. The van der Waals surface area contributed by atoms with E-state index in [0.29, 0.717) is 0 Å². The zero-order valence-corrected chi connectivity index (χ0v) is 11.6. The van der Waals surface area contributed by atoms with Crippen LogP contribution in [0.5, 0.6) is 0 Å². The first-order valence-corrected chi connectivity index (χ1v) is 8.21. The maximum atomic E-state index is 2.56. The minimum absolute atomic E-state index is 0.952. The minimum atomic E-state index is 0.952. The molecular weight excluding hydrogens is 216 g/mol. The molecule has 0 aliphatic heterocycles. The number of hydrogen-bond acceptors (Lipinski definition) is 0. The average molecular weight is 242 g/mol. The maximum Gasteiger partial charge on any atom is -0.0196 e. The highest BCUT2D eigenvalue weighted by Gasteiger charge is 2.47. The third-order valence-corrected chi connectivity index (χ3v) is 6.38. The molecule has 0 saturated heterocycles. The first-order chi connectivity index (χ1) is 8.85. The van der Waals surface area contributed by atoms with Crippen LogP contribution in [0.4, 0.5) is 0 Å². The number of hydrogen-bond donors (Lipinski definition) is 0. The third-order valence-electron chi connectivity index (χ3n) is 6.38. The standard InChI is InChI=1S/C18H26/c1-2-3-16(17-10-12-4-6-14(17)8-12)18-11-13-5-7-15(18)9-13/h4-7,12-18H,2-3,8-11H2,1H3. The fourth-order valence-electron chi connectivity index (χ4n) is 5.71. The summed E-state index contributed by atoms with van der Waals surface area (Å²) in [6.07, 6.45) is 19.0. The predicted octanol–water partition coefficient (Wildman–Crippen LogP) is 4.83. The van der Waals surface area contributed by atoms with E-state index in [0.717, 1.165) is 41.4 Å². The van der Waals surface area contributed by atoms with Crippen LogP contribution in [-0.2, 0) is 0 Å². The molecule has 4 bridgehead atoms. The first-order valence-electron chi connectivity index (χ1n) is 8.21. The van der Waals surface area contributed by atoms with Crippen LogP contribution in [0.1, 0.15) is 45.4 Å². The van der Waals surface area contributed by atoms with Crippen molar-refractivity contribution < 1.29 is 0 Å². The summed E-state index contributed by atoms with van der Waals surface area (Å²) in [5, 5.41) is 0. The summed E-state index contributed by atoms with van der Waals surface area (Å²) in [4.78, 5) is 0. The largest absolute Gasteiger partial charge is 0.0851 e. The van der Waals surface area contributed by atoms with E-state index >= 15 is 0 Å². The van der Waals surface area contributed by atoms with Gasteiger partial charge in [0.1, 0.15) is 0 Å². The van der Waals surface area contributed by atoms with Gasteiger partial charge in [-0.1, -0.05) is 44.1 Å². The summed E-state index contributed by atoms with van der Waals surface area (Å²) in [7, 11) is 0. The van der Waals surface area contributed by atoms with Gasteiger partial charge in [0.2, 0.25) is 0 Å². The van der Waals surface area contributed by atoms with E-state index in [1.807, 2.05) is 0 Å². The molecule has 0 aromatic carbocycles. The van der Waals surface area contributed by atoms with Gasteiger partial charge in [0.15, 0.2) is 0 Å². The van der Waals surface area contributed by atoms with Crippen molar-refractivity contribution in [3.05, 3.63) is 24.3 Å². The van der Waals surface area contributed by atoms with Crippen LogP contribution in [0.25, 0.3) is 0 Å². The molecule has 0 aromatic rings. The molecule has 0 N–H and O–H groups in total. The Hall–Kier alpha value is -0.520. The summed E-state index contributed by atoms with van der Waals surface area (Å²) in [5.74, 6) is 6.93. The quantitative estimate of drug-likeness (QED) is 0.620. The number of rotatable bonds is 4. The molecule has 4 aliphatic carbocycles. The predicted molar refractivity (Wildman–Crippen MR) is 76.1 cm³/mol. The van der Waals surface area contributed by atoms with Gasteiger partial charge in [-0.05, 0) is 67.1 Å². The SMILES string of the molecule is CCCC(C1CC2C=CC1C2)C1CC2C=CC1C2. The Morgan fingerprint density at radius 2 is 1.39 bits per heavy atom. The Morgan fingerprint density at radius 1 is 0.833 bits per heavy atom. The molecule has 2 saturated carbocycles. The zero-order chi connectivity index (χ0) is 12.1. The summed E-state index contributed by atoms with van der Waals surface area (Å²) in [5.41, 5.74) is 0. The molecule has 0 nitrogen and oxygen atoms in total. The van der Waals surface area contributed by atoms with Crippen molar-refractivity contribution in [2.75, 3.05) is 0 Å². The van der Waals surface area contributed by atoms with Crippen molar-refractivity contribution in [2.45, 2.75) is 45.4 Å². The Bertz CT molecular complexity index is 343. The molecule has 0 spiro atoms. The smallest absolute Gasteiger partial charge is 0.0196 e. The van der Waals surface area contributed by atoms with Crippen LogP contribution >= 0.6 is 0 Å². The second-order valence-corrected chi connectivity index (χ2v) is 7.34. The fourth-order valence-corrected chi connectivity index (χ4v) is 5.71. The molecule has 4 rings (SSSR count). The number of fused-ring (bicyclic) bond motifs is 4. The monoisotopic (exact) mass is 242 g/mol. The van der Waals surface area contributed by atoms with Crippen LogP contribution in [0, 0.1) is 41.4 Å². The van der Waals surface area contributed by atoms with Gasteiger partial charge in [-0.2, -0.15) is 0 Å². The summed E-state index contributed by atoms with van der Waals surface area (Å²) < 4.78 is 0. The van der Waals surface area contributed by atoms with Crippen molar-refractivity contribution in [1.29, 1.82) is 0 Å². The van der Waals surface area contributed by atoms with Crippen molar-refractivity contribution in [1.82, 2.24) is 0 Å². The van der Waals surface area contributed by atoms with Gasteiger partial charge in [-0.3, -0.25) is 0 Å². The van der Waals surface area contributed by atoms with E-state index in [4.69, 9.17) is 0 Å². The minimum Gasteiger partial charge on any atom is -0.0851 e. The van der Waals surface area contributed by atoms with Crippen molar-refractivity contribution in [2.24, 2.45) is 41.4 Å². The van der Waals surface area contributed by atoms with E-state index < -0.39 is 0 Å². The van der Waals surface area contributed by atoms with Gasteiger partial charge in [0, 0.05) is 0 Å². The highest BCUT2D eigenvalue weighted by molar-refractivity contribution is 5.15. The Labute approximate surface area is 112 Å². The number of allylic oxidation sites excluding steroid dienone is 4. The van der Waals surface area contributed by atoms with Crippen LogP contribution in [-0.4, -0.2) is 0 Å². The molecule has 0 amide bonds. The molecule has 18 heavy (non-hydrogen) atoms. The lowest BCUT2D eigenvalue weighted by molar-refractivity contribution is 0.161. The van der Waals surface area contributed by atoms with Crippen LogP contribution < -0.4 is 0 Å². The molecule has 4 aliphatic rings. The normalized spacial score (nSPS) is 49.4. The Balaban J connectivity index is 1.54. The molecule has 0 aromatic heterocycles. The zero-order valence-electron chi connectivity index (χ0n) is 11.6. The molecule has 2 fully saturated rings. The molecule has 6 atom stereocenters. The molecule has 6 unspecified atom stereocenters. The lowest BCUT2D eigenvalue weighted by Gasteiger charge is -2.36. The molecule has 0 heterocycles. The molecule has 98 valence electrons. The lowest BCUT2D eigenvalue weighted by Crippen LogP contribution is -2.29. The van der Waals surface area contributed by atoms with E-state index in [1.165, 1.54) is 38.5 Å². The Morgan fingerprint density at radius 3 is 1.72 bits per heavy atom. The summed E-state index contributed by atoms with van der Waals surface area (Å²) in [6, 6.07) is 0. The van der Waals surface area contributed by atoms with E-state index in [2.05, 4.69) is 31.2 Å². The van der Waals surface area contributed by atoms with E-state index in [-0.39, 0.29) is 0 Å². The van der Waals surface area contributed by atoms with Crippen molar-refractivity contribution in [3.63, 3.8) is 0 Å². The summed E-state index contributed by atoms with van der Waals surface area (Å²) in [6.45, 7) is 2.39. The van der Waals surface area contributed by atoms with Gasteiger partial charge < -0.3 is 0 Å². The van der Waals surface area contributed by atoms with E-state index in [9.17, 15) is 0 Å².